The predicted octanol–water partition coefficient (Wildman–Crippen LogP) is 2.79. The molecule has 23 heavy (non-hydrogen) atoms. The number of benzene rings is 1. The van der Waals surface area contributed by atoms with E-state index in [0.717, 1.165) is 12.6 Å². The Balaban J connectivity index is 2.12. The molecule has 0 aliphatic heterocycles. The fraction of sp³-hybridized carbons (Fsp3) is 0.333. The van der Waals surface area contributed by atoms with Gasteiger partial charge in [-0.25, -0.2) is 12.8 Å². The Morgan fingerprint density at radius 1 is 1.13 bits per heavy atom. The van der Waals surface area contributed by atoms with E-state index in [1.165, 1.54) is 25.1 Å². The maximum atomic E-state index is 13.2. The van der Waals surface area contributed by atoms with Crippen LogP contribution in [0.15, 0.2) is 35.2 Å². The van der Waals surface area contributed by atoms with Crippen LogP contribution in [0.4, 0.5) is 16.0 Å². The summed E-state index contributed by atoms with van der Waals surface area (Å²) in [5.41, 5.74) is 0.257. The minimum absolute atomic E-state index is 0.0276. The van der Waals surface area contributed by atoms with Gasteiger partial charge in [0.15, 0.2) is 5.82 Å². The Hall–Kier alpha value is -2.22. The molecule has 2 aromatic rings. The summed E-state index contributed by atoms with van der Waals surface area (Å²) in [7, 11) is -3.83. The molecule has 0 fully saturated rings. The third-order valence-corrected chi connectivity index (χ3v) is 4.39. The third-order valence-electron chi connectivity index (χ3n) is 3.03. The van der Waals surface area contributed by atoms with E-state index in [9.17, 15) is 12.8 Å². The molecule has 0 saturated carbocycles. The van der Waals surface area contributed by atoms with Gasteiger partial charge in [-0.15, -0.1) is 10.2 Å². The number of anilines is 2. The number of nitrogens with zero attached hydrogens (tertiary/aromatic N) is 2. The van der Waals surface area contributed by atoms with Crippen LogP contribution < -0.4 is 10.0 Å². The second kappa shape index (κ2) is 6.91. The fourth-order valence-electron chi connectivity index (χ4n) is 1.77. The first kappa shape index (κ1) is 17.1. The van der Waals surface area contributed by atoms with E-state index >= 15 is 0 Å². The summed E-state index contributed by atoms with van der Waals surface area (Å²) in [4.78, 5) is -0.0276. The van der Waals surface area contributed by atoms with Crippen LogP contribution in [0.5, 0.6) is 0 Å². The molecule has 0 unspecified atom stereocenters. The van der Waals surface area contributed by atoms with Gasteiger partial charge in [-0.3, -0.25) is 4.72 Å². The van der Waals surface area contributed by atoms with Crippen LogP contribution in [0.25, 0.3) is 0 Å². The van der Waals surface area contributed by atoms with Crippen molar-refractivity contribution in [3.63, 3.8) is 0 Å². The van der Waals surface area contributed by atoms with Crippen LogP contribution in [0.2, 0.25) is 0 Å². The lowest BCUT2D eigenvalue weighted by Gasteiger charge is -2.10. The number of halogens is 1. The highest BCUT2D eigenvalue weighted by atomic mass is 32.2. The Kier molecular flexibility index (Phi) is 5.15. The molecular weight excluding hydrogens is 319 g/mol. The average Bonchev–Trinajstić information content (AvgIpc) is 2.49. The maximum Gasteiger partial charge on any atom is 0.263 e. The molecule has 8 heteroatoms. The van der Waals surface area contributed by atoms with Crippen molar-refractivity contribution in [2.45, 2.75) is 25.7 Å². The Labute approximate surface area is 135 Å². The minimum Gasteiger partial charge on any atom is -0.368 e. The number of nitrogens with one attached hydrogen (secondary N) is 2. The van der Waals surface area contributed by atoms with Crippen LogP contribution in [0.1, 0.15) is 19.4 Å². The average molecular weight is 338 g/mol. The van der Waals surface area contributed by atoms with Crippen molar-refractivity contribution < 1.29 is 12.8 Å². The van der Waals surface area contributed by atoms with E-state index in [1.807, 2.05) is 0 Å². The monoisotopic (exact) mass is 338 g/mol. The second-order valence-corrected chi connectivity index (χ2v) is 7.28. The molecule has 0 saturated heterocycles. The van der Waals surface area contributed by atoms with Crippen LogP contribution in [0, 0.1) is 18.7 Å². The van der Waals surface area contributed by atoms with Crippen LogP contribution in [0.3, 0.4) is 0 Å². The van der Waals surface area contributed by atoms with Gasteiger partial charge in [0.1, 0.15) is 11.6 Å². The summed E-state index contributed by atoms with van der Waals surface area (Å²) in [5, 5.41) is 10.8. The van der Waals surface area contributed by atoms with Gasteiger partial charge < -0.3 is 5.32 Å². The molecule has 2 rings (SSSR count). The first-order chi connectivity index (χ1) is 10.8. The van der Waals surface area contributed by atoms with Crippen molar-refractivity contribution >= 4 is 21.7 Å². The molecule has 0 amide bonds. The van der Waals surface area contributed by atoms with Crippen LogP contribution in [-0.4, -0.2) is 25.2 Å². The van der Waals surface area contributed by atoms with E-state index in [-0.39, 0.29) is 16.3 Å². The summed E-state index contributed by atoms with van der Waals surface area (Å²) < 4.78 is 40.1. The topological polar surface area (TPSA) is 84.0 Å². The lowest BCUT2D eigenvalue weighted by molar-refractivity contribution is 0.598. The quantitative estimate of drug-likeness (QED) is 0.846. The lowest BCUT2D eigenvalue weighted by Crippen LogP contribution is -2.15. The van der Waals surface area contributed by atoms with E-state index in [4.69, 9.17) is 0 Å². The number of hydrogen-bond acceptors (Lipinski definition) is 5. The van der Waals surface area contributed by atoms with Gasteiger partial charge in [0.2, 0.25) is 0 Å². The summed E-state index contributed by atoms with van der Waals surface area (Å²) in [6, 6.07) is 6.75. The largest absolute Gasteiger partial charge is 0.368 e. The standard InChI is InChI=1S/C15H19FN4O2S/c1-10(2)9-17-14-6-7-15(19-18-14)20-23(21,22)12-4-5-13(16)11(3)8-12/h4-8,10H,9H2,1-3H3,(H,17,18)(H,19,20). The molecular formula is C15H19FN4O2S. The van der Waals surface area contributed by atoms with Gasteiger partial charge in [0.25, 0.3) is 10.0 Å². The molecule has 0 atom stereocenters. The zero-order chi connectivity index (χ0) is 17.0. The Morgan fingerprint density at radius 2 is 1.78 bits per heavy atom. The van der Waals surface area contributed by atoms with Crippen LogP contribution >= 0.6 is 0 Å². The Bertz CT molecular complexity index is 777. The number of hydrogen-bond donors (Lipinski definition) is 2. The van der Waals surface area contributed by atoms with Gasteiger partial charge >= 0.3 is 0 Å². The first-order valence-electron chi connectivity index (χ1n) is 7.14. The summed E-state index contributed by atoms with van der Waals surface area (Å²) in [6.45, 7) is 6.37. The fourth-order valence-corrected chi connectivity index (χ4v) is 2.85. The molecule has 6 nitrogen and oxygen atoms in total. The van der Waals surface area contributed by atoms with Crippen molar-refractivity contribution in [2.24, 2.45) is 5.92 Å². The highest BCUT2D eigenvalue weighted by molar-refractivity contribution is 7.92. The van der Waals surface area contributed by atoms with E-state index in [0.29, 0.717) is 11.7 Å². The normalized spacial score (nSPS) is 11.5. The SMILES string of the molecule is Cc1cc(S(=O)(=O)Nc2ccc(NCC(C)C)nn2)ccc1F. The summed E-state index contributed by atoms with van der Waals surface area (Å²) in [6.07, 6.45) is 0. The van der Waals surface area contributed by atoms with E-state index in [2.05, 4.69) is 34.1 Å². The van der Waals surface area contributed by atoms with Crippen LogP contribution in [-0.2, 0) is 10.0 Å². The number of rotatable bonds is 6. The molecule has 0 aliphatic rings. The van der Waals surface area contributed by atoms with Crippen molar-refractivity contribution in [3.8, 4) is 0 Å². The first-order valence-corrected chi connectivity index (χ1v) is 8.63. The molecule has 124 valence electrons. The molecule has 2 N–H and O–H groups in total. The zero-order valence-corrected chi connectivity index (χ0v) is 14.0. The predicted molar refractivity (Wildman–Crippen MR) is 87.3 cm³/mol. The Morgan fingerprint density at radius 3 is 2.35 bits per heavy atom. The number of aromatic nitrogens is 2. The van der Waals surface area contributed by atoms with Gasteiger partial charge in [-0.2, -0.15) is 0 Å². The van der Waals surface area contributed by atoms with Crippen molar-refractivity contribution in [2.75, 3.05) is 16.6 Å². The van der Waals surface area contributed by atoms with Crippen molar-refractivity contribution in [1.82, 2.24) is 10.2 Å². The van der Waals surface area contributed by atoms with Gasteiger partial charge in [0.05, 0.1) is 4.90 Å². The number of aryl methyl sites for hydroxylation is 1. The molecule has 1 heterocycles. The highest BCUT2D eigenvalue weighted by Gasteiger charge is 2.16. The lowest BCUT2D eigenvalue weighted by atomic mass is 10.2. The molecule has 0 radical (unpaired) electrons. The minimum atomic E-state index is -3.83. The smallest absolute Gasteiger partial charge is 0.263 e. The van der Waals surface area contributed by atoms with E-state index < -0.39 is 15.8 Å². The maximum absolute atomic E-state index is 13.2. The molecule has 0 spiro atoms. The van der Waals surface area contributed by atoms with Crippen molar-refractivity contribution in [3.05, 3.63) is 41.7 Å². The van der Waals surface area contributed by atoms with Gasteiger partial charge in [-0.05, 0) is 48.7 Å². The zero-order valence-electron chi connectivity index (χ0n) is 13.2. The molecule has 1 aromatic heterocycles. The second-order valence-electron chi connectivity index (χ2n) is 5.60. The molecule has 0 aliphatic carbocycles. The van der Waals surface area contributed by atoms with Crippen molar-refractivity contribution in [1.29, 1.82) is 0 Å². The summed E-state index contributed by atoms with van der Waals surface area (Å²) >= 11 is 0. The molecule has 0 bridgehead atoms. The number of sulfonamides is 1. The molecule has 1 aromatic carbocycles. The summed E-state index contributed by atoms with van der Waals surface area (Å²) in [5.74, 6) is 0.669. The van der Waals surface area contributed by atoms with Gasteiger partial charge in [0, 0.05) is 6.54 Å². The van der Waals surface area contributed by atoms with Gasteiger partial charge in [-0.1, -0.05) is 13.8 Å². The third kappa shape index (κ3) is 4.62. The highest BCUT2D eigenvalue weighted by Crippen LogP contribution is 2.17. The van der Waals surface area contributed by atoms with E-state index in [1.54, 1.807) is 6.07 Å².